The summed E-state index contributed by atoms with van der Waals surface area (Å²) in [5, 5.41) is 20.0. The Hall–Kier alpha value is -1.41. The summed E-state index contributed by atoms with van der Waals surface area (Å²) < 4.78 is 5.18. The lowest BCUT2D eigenvalue weighted by Gasteiger charge is -2.34. The van der Waals surface area contributed by atoms with Gasteiger partial charge in [0.15, 0.2) is 0 Å². The normalized spacial score (nSPS) is 18.6. The molecule has 0 bridgehead atoms. The molecule has 1 aromatic carbocycles. The summed E-state index contributed by atoms with van der Waals surface area (Å²) in [5.74, 6) is -0.520. The lowest BCUT2D eigenvalue weighted by Crippen LogP contribution is -2.50. The van der Waals surface area contributed by atoms with Crippen LogP contribution in [-0.4, -0.2) is 53.2 Å². The number of morpholine rings is 1. The Kier molecular flexibility index (Phi) is 5.00. The summed E-state index contributed by atoms with van der Waals surface area (Å²) in [4.78, 5) is 24.1. The molecule has 1 amide bonds. The first-order valence-electron chi connectivity index (χ1n) is 6.08. The van der Waals surface area contributed by atoms with Crippen LogP contribution in [0.25, 0.3) is 0 Å². The number of carbonyl (C=O) groups excluding carboxylic acids is 1. The van der Waals surface area contributed by atoms with Gasteiger partial charge in [-0.25, -0.2) is 0 Å². The number of hydrogen-bond donors (Lipinski definition) is 1. The SMILES string of the molecule is O=C(c1cc([N+](=O)[O-])cc(Cl)c1Cl)N1CCOCC1CO. The topological polar surface area (TPSA) is 92.9 Å². The van der Waals surface area contributed by atoms with Crippen molar-refractivity contribution in [2.75, 3.05) is 26.4 Å². The van der Waals surface area contributed by atoms with Crippen LogP contribution in [0.2, 0.25) is 10.0 Å². The maximum atomic E-state index is 12.5. The van der Waals surface area contributed by atoms with Crippen molar-refractivity contribution in [3.8, 4) is 0 Å². The average Bonchev–Trinajstić information content (AvgIpc) is 2.48. The fraction of sp³-hybridized carbons (Fsp3) is 0.417. The first-order valence-corrected chi connectivity index (χ1v) is 6.84. The van der Waals surface area contributed by atoms with Crippen LogP contribution in [0.15, 0.2) is 12.1 Å². The molecule has 114 valence electrons. The predicted octanol–water partition coefficient (Wildman–Crippen LogP) is 1.73. The molecule has 1 aromatic rings. The van der Waals surface area contributed by atoms with Gasteiger partial charge in [0, 0.05) is 18.7 Å². The minimum Gasteiger partial charge on any atom is -0.394 e. The number of nitrogens with zero attached hydrogens (tertiary/aromatic N) is 2. The number of non-ortho nitro benzene ring substituents is 1. The smallest absolute Gasteiger partial charge is 0.271 e. The largest absolute Gasteiger partial charge is 0.394 e. The second kappa shape index (κ2) is 6.57. The Morgan fingerprint density at radius 2 is 2.24 bits per heavy atom. The van der Waals surface area contributed by atoms with Gasteiger partial charge >= 0.3 is 0 Å². The molecule has 1 fully saturated rings. The highest BCUT2D eigenvalue weighted by atomic mass is 35.5. The molecule has 21 heavy (non-hydrogen) atoms. The predicted molar refractivity (Wildman–Crippen MR) is 75.8 cm³/mol. The Morgan fingerprint density at radius 1 is 1.52 bits per heavy atom. The number of nitro benzene ring substituents is 1. The summed E-state index contributed by atoms with van der Waals surface area (Å²) >= 11 is 11.8. The maximum absolute atomic E-state index is 12.5. The van der Waals surface area contributed by atoms with Crippen molar-refractivity contribution in [2.24, 2.45) is 0 Å². The molecule has 0 radical (unpaired) electrons. The number of ether oxygens (including phenoxy) is 1. The minimum atomic E-state index is -0.651. The molecular weight excluding hydrogens is 323 g/mol. The Bertz CT molecular complexity index is 581. The van der Waals surface area contributed by atoms with Gasteiger partial charge in [0.05, 0.1) is 46.4 Å². The van der Waals surface area contributed by atoms with Gasteiger partial charge in [-0.3, -0.25) is 14.9 Å². The highest BCUT2D eigenvalue weighted by Crippen LogP contribution is 2.32. The van der Waals surface area contributed by atoms with Crippen LogP contribution in [0.5, 0.6) is 0 Å². The summed E-state index contributed by atoms with van der Waals surface area (Å²) in [6.45, 7) is 0.512. The molecular formula is C12H12Cl2N2O5. The van der Waals surface area contributed by atoms with Crippen LogP contribution in [0.4, 0.5) is 5.69 Å². The summed E-state index contributed by atoms with van der Waals surface area (Å²) in [5.41, 5.74) is -0.377. The Balaban J connectivity index is 2.40. The zero-order valence-electron chi connectivity index (χ0n) is 10.8. The first kappa shape index (κ1) is 16.0. The van der Waals surface area contributed by atoms with Crippen LogP contribution in [0.1, 0.15) is 10.4 Å². The number of nitro groups is 1. The molecule has 0 saturated carbocycles. The minimum absolute atomic E-state index is 0.0459. The molecule has 0 spiro atoms. The molecule has 1 unspecified atom stereocenters. The summed E-state index contributed by atoms with van der Waals surface area (Å²) in [6.07, 6.45) is 0. The van der Waals surface area contributed by atoms with Gasteiger partial charge in [0.25, 0.3) is 11.6 Å². The molecule has 1 atom stereocenters. The van der Waals surface area contributed by atoms with Crippen molar-refractivity contribution in [1.29, 1.82) is 0 Å². The number of carbonyl (C=O) groups is 1. The quantitative estimate of drug-likeness (QED) is 0.671. The van der Waals surface area contributed by atoms with Gasteiger partial charge in [-0.15, -0.1) is 0 Å². The maximum Gasteiger partial charge on any atom is 0.271 e. The molecule has 7 nitrogen and oxygen atoms in total. The van der Waals surface area contributed by atoms with Crippen LogP contribution >= 0.6 is 23.2 Å². The molecule has 2 rings (SSSR count). The zero-order valence-corrected chi connectivity index (χ0v) is 12.3. The second-order valence-corrected chi connectivity index (χ2v) is 5.24. The fourth-order valence-electron chi connectivity index (χ4n) is 2.06. The van der Waals surface area contributed by atoms with Crippen molar-refractivity contribution < 1.29 is 19.6 Å². The molecule has 1 saturated heterocycles. The second-order valence-electron chi connectivity index (χ2n) is 4.46. The summed E-state index contributed by atoms with van der Waals surface area (Å²) in [6, 6.07) is 1.66. The first-order chi connectivity index (χ1) is 9.95. The third-order valence-corrected chi connectivity index (χ3v) is 3.96. The number of aliphatic hydroxyl groups excluding tert-OH is 1. The highest BCUT2D eigenvalue weighted by molar-refractivity contribution is 6.44. The number of hydrogen-bond acceptors (Lipinski definition) is 5. The fourth-order valence-corrected chi connectivity index (χ4v) is 2.47. The van der Waals surface area contributed by atoms with Gasteiger partial charge in [0.1, 0.15) is 0 Å². The van der Waals surface area contributed by atoms with Crippen molar-refractivity contribution in [2.45, 2.75) is 6.04 Å². The highest BCUT2D eigenvalue weighted by Gasteiger charge is 2.30. The van der Waals surface area contributed by atoms with Crippen LogP contribution in [0, 0.1) is 10.1 Å². The summed E-state index contributed by atoms with van der Waals surface area (Å²) in [7, 11) is 0. The molecule has 1 aliphatic rings. The van der Waals surface area contributed by atoms with E-state index in [1.807, 2.05) is 0 Å². The number of aliphatic hydroxyl groups is 1. The van der Waals surface area contributed by atoms with E-state index >= 15 is 0 Å². The van der Waals surface area contributed by atoms with Crippen LogP contribution in [-0.2, 0) is 4.74 Å². The molecule has 0 aliphatic carbocycles. The monoisotopic (exact) mass is 334 g/mol. The number of rotatable bonds is 3. The molecule has 1 heterocycles. The lowest BCUT2D eigenvalue weighted by atomic mass is 10.1. The molecule has 0 aromatic heterocycles. The van der Waals surface area contributed by atoms with Gasteiger partial charge in [0.2, 0.25) is 0 Å². The van der Waals surface area contributed by atoms with Gasteiger partial charge in [-0.05, 0) is 0 Å². The van der Waals surface area contributed by atoms with E-state index in [1.165, 1.54) is 4.90 Å². The standard InChI is InChI=1S/C12H12Cl2N2O5/c13-10-4-7(16(19)20)3-9(11(10)14)12(18)15-1-2-21-6-8(15)5-17/h3-4,8,17H,1-2,5-6H2. The Labute approximate surface area is 130 Å². The zero-order chi connectivity index (χ0) is 15.6. The van der Waals surface area contributed by atoms with E-state index in [1.54, 1.807) is 0 Å². The molecule has 9 heteroatoms. The lowest BCUT2D eigenvalue weighted by molar-refractivity contribution is -0.384. The van der Waals surface area contributed by atoms with Crippen molar-refractivity contribution >= 4 is 34.8 Å². The van der Waals surface area contributed by atoms with Gasteiger partial charge in [-0.2, -0.15) is 0 Å². The third kappa shape index (κ3) is 3.26. The number of amides is 1. The van der Waals surface area contributed by atoms with Crippen molar-refractivity contribution in [1.82, 2.24) is 4.90 Å². The third-order valence-electron chi connectivity index (χ3n) is 3.15. The van der Waals surface area contributed by atoms with Crippen LogP contribution in [0.3, 0.4) is 0 Å². The van der Waals surface area contributed by atoms with Gasteiger partial charge < -0.3 is 14.7 Å². The molecule has 1 N–H and O–H groups in total. The van der Waals surface area contributed by atoms with E-state index < -0.39 is 16.9 Å². The van der Waals surface area contributed by atoms with Crippen LogP contribution < -0.4 is 0 Å². The molecule has 1 aliphatic heterocycles. The van der Waals surface area contributed by atoms with E-state index in [0.717, 1.165) is 12.1 Å². The van der Waals surface area contributed by atoms with Gasteiger partial charge in [-0.1, -0.05) is 23.2 Å². The van der Waals surface area contributed by atoms with E-state index in [4.69, 9.17) is 27.9 Å². The van der Waals surface area contributed by atoms with Crippen molar-refractivity contribution in [3.05, 3.63) is 37.9 Å². The average molecular weight is 335 g/mol. The van der Waals surface area contributed by atoms with E-state index in [9.17, 15) is 20.0 Å². The number of benzene rings is 1. The Morgan fingerprint density at radius 3 is 2.86 bits per heavy atom. The number of halogens is 2. The van der Waals surface area contributed by atoms with E-state index in [0.29, 0.717) is 6.61 Å². The van der Waals surface area contributed by atoms with Crippen molar-refractivity contribution in [3.63, 3.8) is 0 Å². The van der Waals surface area contributed by atoms with E-state index in [-0.39, 0.29) is 41.1 Å². The van der Waals surface area contributed by atoms with E-state index in [2.05, 4.69) is 0 Å².